The van der Waals surface area contributed by atoms with Crippen LogP contribution in [0.3, 0.4) is 0 Å². The number of para-hydroxylation sites is 1. The summed E-state index contributed by atoms with van der Waals surface area (Å²) in [5.74, 6) is -10.2. The quantitative estimate of drug-likeness (QED) is 0.0159. The monoisotopic (exact) mass is 1060 g/mol. The number of carboxylic acid groups (broad SMARTS) is 1. The number of hydrogen-bond donors (Lipinski definition) is 16. The molecule has 1 fully saturated rings. The van der Waals surface area contributed by atoms with Crippen LogP contribution in [0.15, 0.2) is 35.5 Å². The second kappa shape index (κ2) is 29.2. The Morgan fingerprint density at radius 2 is 1.36 bits per heavy atom. The Kier molecular flexibility index (Phi) is 24.2. The molecule has 10 atom stereocenters. The SMILES string of the molecule is CC(C)C[C@H](NC(=O)[C@@H](NC(=O)[C@H](C)NC(=O)[C@@H]1CCCN1C(=O)[C@@H](N)CS)[C@@H](C)O)C(=O)N[C@@H](CC(N)=O)C(=O)N[C@@H](CCCN=C(N)N)C(=O)N[C@@H](Cc1c[nH]c2ccccc12)C(=O)N[C@@H](CS)C(=O)O. The minimum absolute atomic E-state index is 0.0170. The van der Waals surface area contributed by atoms with E-state index in [1.54, 1.807) is 44.3 Å². The topological polar surface area (TPSA) is 431 Å². The maximum absolute atomic E-state index is 14.2. The number of aliphatic carboxylic acids is 1. The molecule has 1 saturated heterocycles. The van der Waals surface area contributed by atoms with Gasteiger partial charge in [0, 0.05) is 48.1 Å². The molecule has 0 bridgehead atoms. The number of rotatable bonds is 29. The molecule has 2 heterocycles. The Morgan fingerprint density at radius 3 is 1.96 bits per heavy atom. The second-order valence-electron chi connectivity index (χ2n) is 18.1. The number of aliphatic hydroxyl groups excluding tert-OH is 1. The van der Waals surface area contributed by atoms with Crippen LogP contribution < -0.4 is 60.2 Å². The van der Waals surface area contributed by atoms with Crippen LogP contribution in [-0.4, -0.2) is 170 Å². The van der Waals surface area contributed by atoms with E-state index >= 15 is 0 Å². The summed E-state index contributed by atoms with van der Waals surface area (Å²) in [7, 11) is 0. The number of thiol groups is 2. The average molecular weight is 1060 g/mol. The van der Waals surface area contributed by atoms with Crippen molar-refractivity contribution in [2.24, 2.45) is 33.8 Å². The number of aromatic nitrogens is 1. The number of nitrogens with two attached hydrogens (primary N) is 4. The zero-order valence-corrected chi connectivity index (χ0v) is 42.9. The van der Waals surface area contributed by atoms with Crippen molar-refractivity contribution < 1.29 is 58.2 Å². The van der Waals surface area contributed by atoms with E-state index in [2.05, 4.69) is 72.5 Å². The van der Waals surface area contributed by atoms with E-state index in [1.807, 2.05) is 0 Å². The first-order chi connectivity index (χ1) is 34.4. The lowest BCUT2D eigenvalue weighted by molar-refractivity contribution is -0.141. The zero-order chi connectivity index (χ0) is 54.7. The molecule has 1 aliphatic heterocycles. The van der Waals surface area contributed by atoms with Crippen molar-refractivity contribution in [3.05, 3.63) is 36.0 Å². The second-order valence-corrected chi connectivity index (χ2v) is 18.8. The molecule has 1 aromatic carbocycles. The number of nitrogens with zero attached hydrogens (tertiary/aromatic N) is 2. The predicted octanol–water partition coefficient (Wildman–Crippen LogP) is -4.26. The summed E-state index contributed by atoms with van der Waals surface area (Å²) in [5, 5.41) is 38.2. The minimum Gasteiger partial charge on any atom is -0.480 e. The molecule has 0 aliphatic carbocycles. The molecule has 1 aliphatic rings. The number of nitrogens with one attached hydrogen (secondary N) is 8. The highest BCUT2D eigenvalue weighted by Crippen LogP contribution is 2.21. The van der Waals surface area contributed by atoms with Crippen molar-refractivity contribution >= 4 is 101 Å². The van der Waals surface area contributed by atoms with Crippen molar-refractivity contribution in [3.63, 3.8) is 0 Å². The lowest BCUT2D eigenvalue weighted by Crippen LogP contribution is -2.62. The standard InChI is InChI=1S/C45H70N14O12S2/c1-21(2)15-29(56-42(68)35(23(4)60)58-36(62)22(3)52-41(67)33-12-8-14-59(33)43(69)26(46)19-72)38(64)55-31(17-34(47)61)40(66)53-28(11-7-13-50-45(48)49)37(63)54-30(39(65)57-32(20-73)44(70)71)16-24-18-51-27-10-6-5-9-25(24)27/h5-6,9-10,18,21-23,26,28-33,35,51,60,72-73H,7-8,11-17,19-20,46H2,1-4H3,(H2,47,61)(H,52,67)(H,53,66)(H,54,63)(H,55,64)(H,56,68)(H,57,65)(H,58,62)(H,70,71)(H4,48,49,50)/t22-,23+,26-,28-,29-,30-,31-,32-,33-,35-/m0/s1. The van der Waals surface area contributed by atoms with E-state index in [4.69, 9.17) is 22.9 Å². The summed E-state index contributed by atoms with van der Waals surface area (Å²) in [4.78, 5) is 142. The Balaban J connectivity index is 1.85. The molecule has 404 valence electrons. The van der Waals surface area contributed by atoms with Gasteiger partial charge in [-0.1, -0.05) is 32.0 Å². The number of aromatic amines is 1. The van der Waals surface area contributed by atoms with Crippen LogP contribution in [-0.2, 0) is 54.4 Å². The van der Waals surface area contributed by atoms with Crippen LogP contribution in [0, 0.1) is 5.92 Å². The third-order valence-corrected chi connectivity index (χ3v) is 12.4. The Hall–Kier alpha value is -6.65. The molecule has 1 aromatic heterocycles. The third kappa shape index (κ3) is 18.7. The molecular formula is C45H70N14O12S2. The number of amides is 9. The van der Waals surface area contributed by atoms with E-state index < -0.39 is 126 Å². The van der Waals surface area contributed by atoms with Gasteiger partial charge in [-0.05, 0) is 63.5 Å². The summed E-state index contributed by atoms with van der Waals surface area (Å²) in [6.07, 6.45) is -0.248. The van der Waals surface area contributed by atoms with Crippen LogP contribution in [0.5, 0.6) is 0 Å². The fourth-order valence-corrected chi connectivity index (χ4v) is 8.21. The molecule has 3 rings (SSSR count). The van der Waals surface area contributed by atoms with Gasteiger partial charge in [-0.15, -0.1) is 0 Å². The van der Waals surface area contributed by atoms with Crippen LogP contribution in [0.1, 0.15) is 71.8 Å². The number of H-pyrrole nitrogens is 1. The van der Waals surface area contributed by atoms with Gasteiger partial charge in [0.1, 0.15) is 48.3 Å². The number of aliphatic imine (C=N–C) groups is 1. The highest BCUT2D eigenvalue weighted by molar-refractivity contribution is 7.80. The number of aliphatic hydroxyl groups is 1. The van der Waals surface area contributed by atoms with Crippen LogP contribution in [0.4, 0.5) is 0 Å². The number of guanidine groups is 1. The lowest BCUT2D eigenvalue weighted by atomic mass is 10.0. The van der Waals surface area contributed by atoms with Gasteiger partial charge in [0.25, 0.3) is 0 Å². The van der Waals surface area contributed by atoms with Crippen LogP contribution in [0.25, 0.3) is 10.9 Å². The van der Waals surface area contributed by atoms with Crippen LogP contribution >= 0.6 is 25.3 Å². The van der Waals surface area contributed by atoms with Gasteiger partial charge in [-0.2, -0.15) is 25.3 Å². The van der Waals surface area contributed by atoms with Gasteiger partial charge in [-0.25, -0.2) is 4.79 Å². The Bertz CT molecular complexity index is 2330. The molecule has 73 heavy (non-hydrogen) atoms. The van der Waals surface area contributed by atoms with Crippen molar-refractivity contribution in [2.45, 2.75) is 133 Å². The number of primary amides is 1. The van der Waals surface area contributed by atoms with Crippen molar-refractivity contribution in [1.82, 2.24) is 47.1 Å². The molecule has 9 amide bonds. The molecule has 0 unspecified atom stereocenters. The summed E-state index contributed by atoms with van der Waals surface area (Å²) in [6, 6.07) is -5.30. The molecule has 28 heteroatoms. The van der Waals surface area contributed by atoms with Gasteiger partial charge >= 0.3 is 5.97 Å². The summed E-state index contributed by atoms with van der Waals surface area (Å²) >= 11 is 8.08. The van der Waals surface area contributed by atoms with Crippen LogP contribution in [0.2, 0.25) is 0 Å². The van der Waals surface area contributed by atoms with Crippen molar-refractivity contribution in [3.8, 4) is 0 Å². The van der Waals surface area contributed by atoms with Gasteiger partial charge < -0.3 is 80.2 Å². The summed E-state index contributed by atoms with van der Waals surface area (Å²) in [5.41, 5.74) is 23.6. The Morgan fingerprint density at radius 1 is 0.767 bits per heavy atom. The largest absolute Gasteiger partial charge is 0.480 e. The first-order valence-electron chi connectivity index (χ1n) is 23.6. The highest BCUT2D eigenvalue weighted by Gasteiger charge is 2.39. The number of hydrogen-bond acceptors (Lipinski definition) is 15. The van der Waals surface area contributed by atoms with Gasteiger partial charge in [0.2, 0.25) is 53.2 Å². The maximum atomic E-state index is 14.2. The minimum atomic E-state index is -1.77. The highest BCUT2D eigenvalue weighted by atomic mass is 32.1. The van der Waals surface area contributed by atoms with Crippen molar-refractivity contribution in [1.29, 1.82) is 0 Å². The van der Waals surface area contributed by atoms with E-state index in [1.165, 1.54) is 18.7 Å². The fraction of sp³-hybridized carbons (Fsp3) is 0.578. The fourth-order valence-electron chi connectivity index (χ4n) is 7.80. The maximum Gasteiger partial charge on any atom is 0.327 e. The van der Waals surface area contributed by atoms with Gasteiger partial charge in [-0.3, -0.25) is 48.1 Å². The third-order valence-electron chi connectivity index (χ3n) is 11.7. The number of carboxylic acids is 1. The normalized spacial score (nSPS) is 17.0. The van der Waals surface area contributed by atoms with E-state index in [0.29, 0.717) is 29.3 Å². The summed E-state index contributed by atoms with van der Waals surface area (Å²) in [6.45, 7) is 6.19. The zero-order valence-electron chi connectivity index (χ0n) is 41.1. The molecule has 2 aromatic rings. The number of carbonyl (C=O) groups excluding carboxylic acids is 9. The number of likely N-dealkylation sites (tertiary alicyclic amines) is 1. The van der Waals surface area contributed by atoms with E-state index in [0.717, 1.165) is 0 Å². The van der Waals surface area contributed by atoms with Gasteiger partial charge in [0.05, 0.1) is 18.6 Å². The lowest BCUT2D eigenvalue weighted by Gasteiger charge is -2.29. The molecular weight excluding hydrogens is 993 g/mol. The molecule has 0 spiro atoms. The predicted molar refractivity (Wildman–Crippen MR) is 274 cm³/mol. The van der Waals surface area contributed by atoms with Crippen molar-refractivity contribution in [2.75, 3.05) is 24.6 Å². The first-order valence-corrected chi connectivity index (χ1v) is 24.8. The average Bonchev–Trinajstić information content (AvgIpc) is 3.99. The Labute approximate surface area is 432 Å². The first kappa shape index (κ1) is 60.7. The number of benzene rings is 1. The molecule has 26 nitrogen and oxygen atoms in total. The molecule has 18 N–H and O–H groups in total. The molecule has 0 radical (unpaired) electrons. The number of fused-ring (bicyclic) bond motifs is 1. The smallest absolute Gasteiger partial charge is 0.327 e. The molecule has 0 saturated carbocycles. The van der Waals surface area contributed by atoms with Gasteiger partial charge in [0.15, 0.2) is 5.96 Å². The summed E-state index contributed by atoms with van der Waals surface area (Å²) < 4.78 is 0. The van der Waals surface area contributed by atoms with E-state index in [-0.39, 0.29) is 62.2 Å². The number of carbonyl (C=O) groups is 10. The van der Waals surface area contributed by atoms with E-state index in [9.17, 15) is 58.2 Å².